The van der Waals surface area contributed by atoms with Gasteiger partial charge in [-0.3, -0.25) is 14.5 Å². The Morgan fingerprint density at radius 1 is 1.40 bits per heavy atom. The Balaban J connectivity index is 1.66. The van der Waals surface area contributed by atoms with Crippen molar-refractivity contribution in [1.82, 2.24) is 19.8 Å². The molecule has 1 aromatic rings. The zero-order valence-electron chi connectivity index (χ0n) is 10.9. The van der Waals surface area contributed by atoms with E-state index in [9.17, 15) is 14.4 Å². The molecule has 0 atom stereocenters. The average Bonchev–Trinajstić information content (AvgIpc) is 2.98. The topological polar surface area (TPSA) is 96.3 Å². The molecule has 0 aliphatic carbocycles. The SMILES string of the molecule is O=C(CN1C(=O)CNC1=O)Nc1cnc2n1CCCC2. The molecule has 0 aromatic carbocycles. The Kier molecular flexibility index (Phi) is 3.13. The lowest BCUT2D eigenvalue weighted by atomic mass is 10.2. The maximum absolute atomic E-state index is 11.9. The number of rotatable bonds is 3. The van der Waals surface area contributed by atoms with Crippen LogP contribution in [0.25, 0.3) is 0 Å². The van der Waals surface area contributed by atoms with E-state index in [2.05, 4.69) is 15.6 Å². The second-order valence-corrected chi connectivity index (χ2v) is 4.86. The third kappa shape index (κ3) is 2.24. The van der Waals surface area contributed by atoms with Crippen molar-refractivity contribution >= 4 is 23.7 Å². The molecule has 0 unspecified atom stereocenters. The quantitative estimate of drug-likeness (QED) is 0.742. The Morgan fingerprint density at radius 3 is 3.00 bits per heavy atom. The number of hydrogen-bond donors (Lipinski definition) is 2. The van der Waals surface area contributed by atoms with E-state index in [4.69, 9.17) is 0 Å². The lowest BCUT2D eigenvalue weighted by Gasteiger charge is -2.17. The van der Waals surface area contributed by atoms with E-state index in [1.54, 1.807) is 6.20 Å². The van der Waals surface area contributed by atoms with E-state index in [0.29, 0.717) is 5.82 Å². The maximum atomic E-state index is 11.9. The standard InChI is InChI=1S/C12H15N5O3/c18-10(7-17-11(19)6-14-12(17)20)15-9-5-13-8-3-1-2-4-16(8)9/h5H,1-4,6-7H2,(H,14,20)(H,15,18). The molecule has 2 aliphatic heterocycles. The van der Waals surface area contributed by atoms with E-state index in [1.807, 2.05) is 4.57 Å². The third-order valence-electron chi connectivity index (χ3n) is 3.48. The first kappa shape index (κ1) is 12.6. The summed E-state index contributed by atoms with van der Waals surface area (Å²) in [5.74, 6) is 0.794. The van der Waals surface area contributed by atoms with Gasteiger partial charge in [-0.25, -0.2) is 9.78 Å². The number of aryl methyl sites for hydroxylation is 1. The van der Waals surface area contributed by atoms with Crippen LogP contribution < -0.4 is 10.6 Å². The molecular formula is C12H15N5O3. The summed E-state index contributed by atoms with van der Waals surface area (Å²) in [6.07, 6.45) is 4.68. The van der Waals surface area contributed by atoms with Gasteiger partial charge in [0, 0.05) is 13.0 Å². The molecule has 2 aliphatic rings. The van der Waals surface area contributed by atoms with Gasteiger partial charge in [-0.1, -0.05) is 0 Å². The number of imidazole rings is 1. The molecule has 1 fully saturated rings. The van der Waals surface area contributed by atoms with Gasteiger partial charge in [0.05, 0.1) is 12.7 Å². The van der Waals surface area contributed by atoms with E-state index in [-0.39, 0.29) is 19.0 Å². The lowest BCUT2D eigenvalue weighted by Crippen LogP contribution is -2.38. The average molecular weight is 277 g/mol. The third-order valence-corrected chi connectivity index (χ3v) is 3.48. The van der Waals surface area contributed by atoms with Crippen LogP contribution >= 0.6 is 0 Å². The fourth-order valence-electron chi connectivity index (χ4n) is 2.46. The number of amides is 4. The van der Waals surface area contributed by atoms with Crippen molar-refractivity contribution in [3.8, 4) is 0 Å². The number of nitrogens with one attached hydrogen (secondary N) is 2. The molecule has 2 N–H and O–H groups in total. The van der Waals surface area contributed by atoms with Gasteiger partial charge in [-0.15, -0.1) is 0 Å². The van der Waals surface area contributed by atoms with E-state index in [0.717, 1.165) is 36.5 Å². The molecular weight excluding hydrogens is 262 g/mol. The van der Waals surface area contributed by atoms with E-state index < -0.39 is 11.9 Å². The second kappa shape index (κ2) is 4.95. The molecule has 106 valence electrons. The van der Waals surface area contributed by atoms with Crippen LogP contribution in [-0.2, 0) is 22.6 Å². The van der Waals surface area contributed by atoms with Crippen LogP contribution in [0, 0.1) is 0 Å². The minimum Gasteiger partial charge on any atom is -0.329 e. The molecule has 0 radical (unpaired) electrons. The van der Waals surface area contributed by atoms with Crippen LogP contribution in [0.15, 0.2) is 6.20 Å². The van der Waals surface area contributed by atoms with Crippen LogP contribution in [0.4, 0.5) is 10.6 Å². The van der Waals surface area contributed by atoms with Crippen molar-refractivity contribution in [1.29, 1.82) is 0 Å². The van der Waals surface area contributed by atoms with Gasteiger partial charge in [0.2, 0.25) is 5.91 Å². The first-order valence-corrected chi connectivity index (χ1v) is 6.57. The predicted molar refractivity (Wildman–Crippen MR) is 68.9 cm³/mol. The summed E-state index contributed by atoms with van der Waals surface area (Å²) in [6.45, 7) is 0.507. The van der Waals surface area contributed by atoms with Crippen LogP contribution in [0.2, 0.25) is 0 Å². The summed E-state index contributed by atoms with van der Waals surface area (Å²) in [5.41, 5.74) is 0. The largest absolute Gasteiger partial charge is 0.329 e. The van der Waals surface area contributed by atoms with Crippen molar-refractivity contribution in [2.45, 2.75) is 25.8 Å². The van der Waals surface area contributed by atoms with Gasteiger partial charge < -0.3 is 15.2 Å². The molecule has 1 aromatic heterocycles. The van der Waals surface area contributed by atoms with Gasteiger partial charge in [-0.05, 0) is 12.8 Å². The van der Waals surface area contributed by atoms with Crippen LogP contribution in [-0.4, -0.2) is 45.4 Å². The molecule has 20 heavy (non-hydrogen) atoms. The molecule has 0 saturated carbocycles. The number of fused-ring (bicyclic) bond motifs is 1. The van der Waals surface area contributed by atoms with Crippen LogP contribution in [0.5, 0.6) is 0 Å². The number of urea groups is 1. The van der Waals surface area contributed by atoms with Crippen LogP contribution in [0.1, 0.15) is 18.7 Å². The summed E-state index contributed by atoms with van der Waals surface area (Å²) >= 11 is 0. The molecule has 3 heterocycles. The maximum Gasteiger partial charge on any atom is 0.325 e. The van der Waals surface area contributed by atoms with Gasteiger partial charge in [0.1, 0.15) is 18.2 Å². The van der Waals surface area contributed by atoms with Crippen LogP contribution in [0.3, 0.4) is 0 Å². The summed E-state index contributed by atoms with van der Waals surface area (Å²) in [4.78, 5) is 39.8. The normalized spacial score (nSPS) is 17.9. The fourth-order valence-corrected chi connectivity index (χ4v) is 2.46. The minimum absolute atomic E-state index is 0.0474. The predicted octanol–water partition coefficient (Wildman–Crippen LogP) is -0.290. The Bertz CT molecular complexity index is 564. The fraction of sp³-hybridized carbons (Fsp3) is 0.500. The van der Waals surface area contributed by atoms with Crippen molar-refractivity contribution in [3.05, 3.63) is 12.0 Å². The monoisotopic (exact) mass is 277 g/mol. The van der Waals surface area contributed by atoms with Crippen molar-refractivity contribution < 1.29 is 14.4 Å². The van der Waals surface area contributed by atoms with E-state index in [1.165, 1.54) is 0 Å². The van der Waals surface area contributed by atoms with Crippen molar-refractivity contribution in [3.63, 3.8) is 0 Å². The summed E-state index contributed by atoms with van der Waals surface area (Å²) in [5, 5.41) is 5.08. The van der Waals surface area contributed by atoms with Gasteiger partial charge in [-0.2, -0.15) is 0 Å². The summed E-state index contributed by atoms with van der Waals surface area (Å²) in [6, 6.07) is -0.527. The zero-order valence-corrected chi connectivity index (χ0v) is 10.9. The van der Waals surface area contributed by atoms with Crippen molar-refractivity contribution in [2.24, 2.45) is 0 Å². The van der Waals surface area contributed by atoms with Gasteiger partial charge in [0.25, 0.3) is 5.91 Å². The Labute approximate surface area is 115 Å². The first-order valence-electron chi connectivity index (χ1n) is 6.57. The molecule has 4 amide bonds. The summed E-state index contributed by atoms with van der Waals surface area (Å²) in [7, 11) is 0. The highest BCUT2D eigenvalue weighted by Gasteiger charge is 2.30. The second-order valence-electron chi connectivity index (χ2n) is 4.86. The Hall–Kier alpha value is -2.38. The number of hydrogen-bond acceptors (Lipinski definition) is 4. The highest BCUT2D eigenvalue weighted by atomic mass is 16.2. The molecule has 8 nitrogen and oxygen atoms in total. The highest BCUT2D eigenvalue weighted by Crippen LogP contribution is 2.19. The number of anilines is 1. The highest BCUT2D eigenvalue weighted by molar-refractivity contribution is 6.06. The number of nitrogens with zero attached hydrogens (tertiary/aromatic N) is 3. The lowest BCUT2D eigenvalue weighted by molar-refractivity contribution is -0.128. The number of carbonyl (C=O) groups is 3. The molecule has 0 spiro atoms. The van der Waals surface area contributed by atoms with Crippen molar-refractivity contribution in [2.75, 3.05) is 18.4 Å². The zero-order chi connectivity index (χ0) is 14.1. The number of aromatic nitrogens is 2. The van der Waals surface area contributed by atoms with Gasteiger partial charge >= 0.3 is 6.03 Å². The molecule has 3 rings (SSSR count). The minimum atomic E-state index is -0.527. The molecule has 1 saturated heterocycles. The first-order chi connectivity index (χ1) is 9.65. The van der Waals surface area contributed by atoms with E-state index >= 15 is 0 Å². The summed E-state index contributed by atoms with van der Waals surface area (Å²) < 4.78 is 1.97. The van der Waals surface area contributed by atoms with Gasteiger partial charge in [0.15, 0.2) is 0 Å². The number of imide groups is 1. The number of carbonyl (C=O) groups excluding carboxylic acids is 3. The Morgan fingerprint density at radius 2 is 2.25 bits per heavy atom. The molecule has 8 heteroatoms. The molecule has 0 bridgehead atoms. The smallest absolute Gasteiger partial charge is 0.325 e.